The minimum atomic E-state index is -1.06. The Balaban J connectivity index is 1.69. The van der Waals surface area contributed by atoms with Crippen molar-refractivity contribution in [3.63, 3.8) is 0 Å². The molecule has 1 aliphatic rings. The molecule has 162 valence electrons. The van der Waals surface area contributed by atoms with Crippen LogP contribution in [0.3, 0.4) is 0 Å². The highest BCUT2D eigenvalue weighted by Crippen LogP contribution is 2.32. The molecule has 1 unspecified atom stereocenters. The first-order chi connectivity index (χ1) is 15.5. The van der Waals surface area contributed by atoms with Crippen molar-refractivity contribution in [2.24, 2.45) is 12.0 Å². The van der Waals surface area contributed by atoms with Crippen molar-refractivity contribution < 1.29 is 19.7 Å². The van der Waals surface area contributed by atoms with Crippen LogP contribution >= 0.6 is 0 Å². The zero-order chi connectivity index (χ0) is 22.2. The standard InChI is InChI=1S/C24H22N4O4/c1-28-13-25-10-17(28)9-20(24(30)31)26-22(14-6-7-15-11-32-12-16(15)8-14)21-18-4-2-3-5-19(18)27-23(21)29/h2-8,10,13,20,27,29H,9,11-12H2,1H3,(H,30,31). The maximum Gasteiger partial charge on any atom is 0.328 e. The molecule has 0 spiro atoms. The fourth-order valence-corrected chi connectivity index (χ4v) is 4.09. The molecule has 2 aromatic heterocycles. The number of aryl methyl sites for hydroxylation is 1. The van der Waals surface area contributed by atoms with Crippen LogP contribution in [0.2, 0.25) is 0 Å². The van der Waals surface area contributed by atoms with Gasteiger partial charge in [0, 0.05) is 41.8 Å². The number of para-hydroxylation sites is 1. The van der Waals surface area contributed by atoms with Crippen molar-refractivity contribution >= 4 is 22.6 Å². The number of carboxylic acid groups (broad SMARTS) is 1. The quantitative estimate of drug-likeness (QED) is 0.407. The summed E-state index contributed by atoms with van der Waals surface area (Å²) in [5.41, 5.74) is 5.26. The van der Waals surface area contributed by atoms with Gasteiger partial charge in [0.1, 0.15) is 0 Å². The normalized spacial score (nSPS) is 14.6. The van der Waals surface area contributed by atoms with Gasteiger partial charge < -0.3 is 24.5 Å². The molecule has 8 nitrogen and oxygen atoms in total. The molecule has 5 rings (SSSR count). The van der Waals surface area contributed by atoms with Crippen molar-refractivity contribution in [2.75, 3.05) is 0 Å². The summed E-state index contributed by atoms with van der Waals surface area (Å²) in [6, 6.07) is 12.3. The summed E-state index contributed by atoms with van der Waals surface area (Å²) < 4.78 is 7.32. The van der Waals surface area contributed by atoms with Gasteiger partial charge in [-0.15, -0.1) is 0 Å². The third-order valence-corrected chi connectivity index (χ3v) is 5.81. The first-order valence-electron chi connectivity index (χ1n) is 10.3. The molecule has 0 amide bonds. The highest BCUT2D eigenvalue weighted by Gasteiger charge is 2.25. The Kier molecular flexibility index (Phi) is 4.99. The SMILES string of the molecule is Cn1cncc1CC(N=C(c1ccc2c(c1)COC2)c1c(O)[nH]c2ccccc12)C(=O)O. The van der Waals surface area contributed by atoms with Crippen molar-refractivity contribution in [1.82, 2.24) is 14.5 Å². The van der Waals surface area contributed by atoms with Crippen LogP contribution in [0, 0.1) is 0 Å². The van der Waals surface area contributed by atoms with E-state index in [1.807, 2.05) is 49.5 Å². The van der Waals surface area contributed by atoms with E-state index in [0.29, 0.717) is 24.5 Å². The second-order valence-corrected chi connectivity index (χ2v) is 7.90. The molecule has 1 atom stereocenters. The topological polar surface area (TPSA) is 113 Å². The summed E-state index contributed by atoms with van der Waals surface area (Å²) in [6.07, 6.45) is 3.44. The molecule has 32 heavy (non-hydrogen) atoms. The zero-order valence-corrected chi connectivity index (χ0v) is 17.4. The van der Waals surface area contributed by atoms with E-state index in [1.54, 1.807) is 17.1 Å². The number of fused-ring (bicyclic) bond motifs is 2. The number of hydrogen-bond donors (Lipinski definition) is 3. The molecule has 2 aromatic carbocycles. The molecule has 8 heteroatoms. The first-order valence-corrected chi connectivity index (χ1v) is 10.3. The Labute approximate surface area is 183 Å². The average Bonchev–Trinajstić information content (AvgIpc) is 3.49. The number of aliphatic carboxylic acids is 1. The number of carbonyl (C=O) groups is 1. The number of aliphatic imine (C=N–C) groups is 1. The number of H-pyrrole nitrogens is 1. The van der Waals surface area contributed by atoms with Crippen molar-refractivity contribution in [1.29, 1.82) is 0 Å². The summed E-state index contributed by atoms with van der Waals surface area (Å²) in [7, 11) is 1.82. The van der Waals surface area contributed by atoms with Gasteiger partial charge in [0.05, 0.1) is 30.8 Å². The number of nitrogens with zero attached hydrogens (tertiary/aromatic N) is 3. The number of carboxylic acids is 1. The van der Waals surface area contributed by atoms with E-state index in [4.69, 9.17) is 9.73 Å². The van der Waals surface area contributed by atoms with E-state index < -0.39 is 12.0 Å². The molecule has 0 radical (unpaired) electrons. The predicted octanol–water partition coefficient (Wildman–Crippen LogP) is 3.17. The minimum Gasteiger partial charge on any atom is -0.494 e. The monoisotopic (exact) mass is 430 g/mol. The summed E-state index contributed by atoms with van der Waals surface area (Å²) in [5, 5.41) is 21.5. The van der Waals surface area contributed by atoms with Crippen molar-refractivity contribution in [2.45, 2.75) is 25.7 Å². The van der Waals surface area contributed by atoms with Crippen LogP contribution in [0.1, 0.15) is 27.9 Å². The lowest BCUT2D eigenvalue weighted by molar-refractivity contribution is -0.138. The second kappa shape index (κ2) is 7.97. The van der Waals surface area contributed by atoms with Crippen LogP contribution in [0.4, 0.5) is 0 Å². The zero-order valence-electron chi connectivity index (χ0n) is 17.4. The van der Waals surface area contributed by atoms with Crippen molar-refractivity contribution in [3.05, 3.63) is 82.9 Å². The van der Waals surface area contributed by atoms with Gasteiger partial charge in [0.25, 0.3) is 0 Å². The lowest BCUT2D eigenvalue weighted by Crippen LogP contribution is -2.24. The molecule has 3 heterocycles. The predicted molar refractivity (Wildman–Crippen MR) is 119 cm³/mol. The number of benzene rings is 2. The van der Waals surface area contributed by atoms with Gasteiger partial charge in [-0.1, -0.05) is 30.3 Å². The maximum absolute atomic E-state index is 12.2. The Morgan fingerprint density at radius 2 is 2.06 bits per heavy atom. The van der Waals surface area contributed by atoms with Gasteiger partial charge in [-0.05, 0) is 23.3 Å². The number of aromatic nitrogens is 3. The number of aromatic hydroxyl groups is 1. The minimum absolute atomic E-state index is 0.0497. The van der Waals surface area contributed by atoms with Gasteiger partial charge >= 0.3 is 5.97 Å². The lowest BCUT2D eigenvalue weighted by Gasteiger charge is -2.14. The molecule has 1 aliphatic heterocycles. The van der Waals surface area contributed by atoms with Crippen LogP contribution in [0.25, 0.3) is 10.9 Å². The van der Waals surface area contributed by atoms with E-state index in [9.17, 15) is 15.0 Å². The molecule has 0 saturated carbocycles. The molecular weight excluding hydrogens is 408 g/mol. The number of hydrogen-bond acceptors (Lipinski definition) is 5. The third kappa shape index (κ3) is 3.54. The van der Waals surface area contributed by atoms with Crippen LogP contribution in [-0.2, 0) is 36.2 Å². The molecule has 0 aliphatic carbocycles. The average molecular weight is 430 g/mol. The largest absolute Gasteiger partial charge is 0.494 e. The summed E-state index contributed by atoms with van der Waals surface area (Å²) in [6.45, 7) is 1.05. The lowest BCUT2D eigenvalue weighted by atomic mass is 9.97. The smallest absolute Gasteiger partial charge is 0.328 e. The number of nitrogens with one attached hydrogen (secondary N) is 1. The second-order valence-electron chi connectivity index (χ2n) is 7.90. The van der Waals surface area contributed by atoms with Gasteiger partial charge in [0.2, 0.25) is 0 Å². The Hall–Kier alpha value is -3.91. The van der Waals surface area contributed by atoms with Gasteiger partial charge in [-0.3, -0.25) is 4.99 Å². The Morgan fingerprint density at radius 3 is 2.84 bits per heavy atom. The van der Waals surface area contributed by atoms with E-state index in [1.165, 1.54) is 0 Å². The maximum atomic E-state index is 12.2. The molecule has 0 saturated heterocycles. The van der Waals surface area contributed by atoms with Gasteiger partial charge in [0.15, 0.2) is 11.9 Å². The van der Waals surface area contributed by atoms with E-state index >= 15 is 0 Å². The van der Waals surface area contributed by atoms with Crippen LogP contribution in [0.5, 0.6) is 5.88 Å². The molecule has 0 bridgehead atoms. The fraction of sp³-hybridized carbons (Fsp3) is 0.208. The van der Waals surface area contributed by atoms with Crippen LogP contribution in [-0.4, -0.2) is 42.5 Å². The molecule has 3 N–H and O–H groups in total. The van der Waals surface area contributed by atoms with Gasteiger partial charge in [-0.2, -0.15) is 0 Å². The number of ether oxygens (including phenoxy) is 1. The van der Waals surface area contributed by atoms with E-state index in [-0.39, 0.29) is 12.3 Å². The van der Waals surface area contributed by atoms with Crippen LogP contribution in [0.15, 0.2) is 60.0 Å². The number of imidazole rings is 1. The molecule has 4 aromatic rings. The Morgan fingerprint density at radius 1 is 1.25 bits per heavy atom. The summed E-state index contributed by atoms with van der Waals surface area (Å²) >= 11 is 0. The molecule has 0 fully saturated rings. The van der Waals surface area contributed by atoms with Crippen molar-refractivity contribution in [3.8, 4) is 5.88 Å². The van der Waals surface area contributed by atoms with E-state index in [0.717, 1.165) is 33.3 Å². The van der Waals surface area contributed by atoms with Gasteiger partial charge in [-0.25, -0.2) is 9.78 Å². The van der Waals surface area contributed by atoms with E-state index in [2.05, 4.69) is 9.97 Å². The highest BCUT2D eigenvalue weighted by atomic mass is 16.5. The number of rotatable bonds is 6. The summed E-state index contributed by atoms with van der Waals surface area (Å²) in [5.74, 6) is -1.10. The number of aromatic amines is 1. The molecular formula is C24H22N4O4. The highest BCUT2D eigenvalue weighted by molar-refractivity contribution is 6.21. The summed E-state index contributed by atoms with van der Waals surface area (Å²) in [4.78, 5) is 23.9. The fourth-order valence-electron chi connectivity index (χ4n) is 4.09. The van der Waals surface area contributed by atoms with Crippen LogP contribution < -0.4 is 0 Å². The first kappa shape index (κ1) is 20.0. The third-order valence-electron chi connectivity index (χ3n) is 5.81. The Bertz CT molecular complexity index is 1350.